The Morgan fingerprint density at radius 1 is 0.964 bits per heavy atom. The number of fused-ring (bicyclic) bond motifs is 3. The monoisotopic (exact) mass is 517 g/mol. The largest absolute Gasteiger partial charge is 0.480 e. The molecule has 0 bridgehead atoms. The van der Waals surface area contributed by atoms with Gasteiger partial charge in [0.1, 0.15) is 6.04 Å². The summed E-state index contributed by atoms with van der Waals surface area (Å²) in [7, 11) is 0. The molecule has 0 aromatic heterocycles. The molecule has 0 heterocycles. The van der Waals surface area contributed by atoms with Crippen molar-refractivity contribution < 1.29 is 9.90 Å². The first-order chi connectivity index (χ1) is 13.4. The SMILES string of the molecule is NC(CSC1(c2ccccc2)c2cc(Br)ccc2-c2ccc(Br)cc21)C(=O)O. The Morgan fingerprint density at radius 2 is 1.50 bits per heavy atom. The van der Waals surface area contributed by atoms with Gasteiger partial charge in [-0.3, -0.25) is 4.79 Å². The molecule has 0 fully saturated rings. The predicted molar refractivity (Wildman–Crippen MR) is 122 cm³/mol. The minimum absolute atomic E-state index is 0.294. The summed E-state index contributed by atoms with van der Waals surface area (Å²) in [5.41, 5.74) is 11.6. The Bertz CT molecular complexity index is 1000. The summed E-state index contributed by atoms with van der Waals surface area (Å²) >= 11 is 8.80. The third kappa shape index (κ3) is 3.22. The van der Waals surface area contributed by atoms with Gasteiger partial charge in [0.2, 0.25) is 0 Å². The molecule has 1 aliphatic carbocycles. The second kappa shape index (κ2) is 7.67. The maximum atomic E-state index is 11.4. The molecule has 1 atom stereocenters. The van der Waals surface area contributed by atoms with E-state index in [1.807, 2.05) is 30.3 Å². The fraction of sp³-hybridized carbons (Fsp3) is 0.136. The van der Waals surface area contributed by atoms with E-state index < -0.39 is 16.8 Å². The topological polar surface area (TPSA) is 63.3 Å². The van der Waals surface area contributed by atoms with E-state index in [1.54, 1.807) is 11.8 Å². The van der Waals surface area contributed by atoms with Crippen molar-refractivity contribution in [1.29, 1.82) is 0 Å². The first kappa shape index (κ1) is 19.7. The van der Waals surface area contributed by atoms with E-state index in [9.17, 15) is 9.90 Å². The van der Waals surface area contributed by atoms with Crippen LogP contribution in [0.1, 0.15) is 16.7 Å². The summed E-state index contributed by atoms with van der Waals surface area (Å²) in [6.07, 6.45) is 0. The molecule has 4 rings (SSSR count). The van der Waals surface area contributed by atoms with Gasteiger partial charge in [-0.05, 0) is 52.1 Å². The number of carbonyl (C=O) groups is 1. The zero-order chi connectivity index (χ0) is 19.9. The molecular formula is C22H17Br2NO2S. The molecule has 1 aliphatic rings. The van der Waals surface area contributed by atoms with Crippen molar-refractivity contribution in [2.75, 3.05) is 5.75 Å². The van der Waals surface area contributed by atoms with Crippen LogP contribution in [-0.4, -0.2) is 22.9 Å². The third-order valence-corrected chi connectivity index (χ3v) is 7.61. The number of aliphatic carboxylic acids is 1. The van der Waals surface area contributed by atoms with Crippen LogP contribution >= 0.6 is 43.6 Å². The van der Waals surface area contributed by atoms with Gasteiger partial charge >= 0.3 is 5.97 Å². The van der Waals surface area contributed by atoms with Gasteiger partial charge in [-0.1, -0.05) is 74.3 Å². The number of hydrogen-bond acceptors (Lipinski definition) is 3. The average molecular weight is 519 g/mol. The van der Waals surface area contributed by atoms with Gasteiger partial charge in [0, 0.05) is 14.7 Å². The lowest BCUT2D eigenvalue weighted by Crippen LogP contribution is -2.35. The molecule has 142 valence electrons. The zero-order valence-corrected chi connectivity index (χ0v) is 18.7. The summed E-state index contributed by atoms with van der Waals surface area (Å²) < 4.78 is 1.44. The average Bonchev–Trinajstić information content (AvgIpc) is 2.96. The smallest absolute Gasteiger partial charge is 0.321 e. The van der Waals surface area contributed by atoms with Gasteiger partial charge in [-0.15, -0.1) is 11.8 Å². The minimum Gasteiger partial charge on any atom is -0.480 e. The van der Waals surface area contributed by atoms with Crippen LogP contribution in [0.15, 0.2) is 75.7 Å². The molecule has 3 aromatic carbocycles. The van der Waals surface area contributed by atoms with E-state index in [0.29, 0.717) is 5.75 Å². The van der Waals surface area contributed by atoms with Gasteiger partial charge in [-0.2, -0.15) is 0 Å². The van der Waals surface area contributed by atoms with Crippen molar-refractivity contribution >= 4 is 49.6 Å². The lowest BCUT2D eigenvalue weighted by molar-refractivity contribution is -0.137. The molecule has 1 unspecified atom stereocenters. The van der Waals surface area contributed by atoms with Crippen LogP contribution in [-0.2, 0) is 9.54 Å². The van der Waals surface area contributed by atoms with E-state index in [1.165, 1.54) is 0 Å². The van der Waals surface area contributed by atoms with Crippen molar-refractivity contribution in [3.63, 3.8) is 0 Å². The Hall–Kier alpha value is -1.60. The molecule has 3 aromatic rings. The second-order valence-electron chi connectivity index (χ2n) is 6.68. The molecule has 0 radical (unpaired) electrons. The molecule has 3 nitrogen and oxygen atoms in total. The Morgan fingerprint density at radius 3 is 2.00 bits per heavy atom. The highest BCUT2D eigenvalue weighted by Crippen LogP contribution is 2.59. The molecule has 28 heavy (non-hydrogen) atoms. The van der Waals surface area contributed by atoms with Gasteiger partial charge in [-0.25, -0.2) is 0 Å². The second-order valence-corrected chi connectivity index (χ2v) is 9.75. The third-order valence-electron chi connectivity index (χ3n) is 4.99. The first-order valence-electron chi connectivity index (χ1n) is 8.72. The summed E-state index contributed by atoms with van der Waals surface area (Å²) in [5, 5.41) is 9.34. The van der Waals surface area contributed by atoms with Crippen LogP contribution in [0.4, 0.5) is 0 Å². The van der Waals surface area contributed by atoms with Crippen LogP contribution in [0.2, 0.25) is 0 Å². The van der Waals surface area contributed by atoms with Crippen molar-refractivity contribution in [3.8, 4) is 11.1 Å². The lowest BCUT2D eigenvalue weighted by Gasteiger charge is -2.33. The summed E-state index contributed by atoms with van der Waals surface area (Å²) in [4.78, 5) is 11.4. The number of halogens is 2. The van der Waals surface area contributed by atoms with Crippen LogP contribution in [0.5, 0.6) is 0 Å². The standard InChI is InChI=1S/C22H17Br2NO2S/c23-14-6-8-16-17-9-7-15(24)11-19(17)22(18(16)10-14,13-4-2-1-3-5-13)28-12-20(25)21(26)27/h1-11,20H,12,25H2,(H,26,27). The Labute approximate surface area is 184 Å². The maximum Gasteiger partial charge on any atom is 0.321 e. The van der Waals surface area contributed by atoms with Gasteiger partial charge in [0.05, 0.1) is 4.75 Å². The first-order valence-corrected chi connectivity index (χ1v) is 11.3. The number of hydrogen-bond donors (Lipinski definition) is 2. The molecule has 6 heteroatoms. The predicted octanol–water partition coefficient (Wildman–Crippen LogP) is 5.63. The Kier molecular flexibility index (Phi) is 5.40. The normalized spacial score (nSPS) is 15.0. The number of benzene rings is 3. The van der Waals surface area contributed by atoms with E-state index >= 15 is 0 Å². The van der Waals surface area contributed by atoms with E-state index in [-0.39, 0.29) is 0 Å². The number of nitrogens with two attached hydrogens (primary N) is 1. The highest BCUT2D eigenvalue weighted by atomic mass is 79.9. The van der Waals surface area contributed by atoms with Crippen molar-refractivity contribution in [3.05, 3.63) is 92.4 Å². The fourth-order valence-electron chi connectivity index (χ4n) is 3.74. The van der Waals surface area contributed by atoms with Gasteiger partial charge < -0.3 is 10.8 Å². The molecule has 0 amide bonds. The molecule has 0 saturated carbocycles. The van der Waals surface area contributed by atoms with Gasteiger partial charge in [0.15, 0.2) is 0 Å². The highest BCUT2D eigenvalue weighted by molar-refractivity contribution is 9.10. The van der Waals surface area contributed by atoms with E-state index in [2.05, 4.69) is 68.3 Å². The van der Waals surface area contributed by atoms with Crippen LogP contribution in [0.25, 0.3) is 11.1 Å². The summed E-state index contributed by atoms with van der Waals surface area (Å²) in [5.74, 6) is -0.695. The summed E-state index contributed by atoms with van der Waals surface area (Å²) in [6.45, 7) is 0. The number of thioether (sulfide) groups is 1. The molecule has 0 saturated heterocycles. The molecular weight excluding hydrogens is 502 g/mol. The Balaban J connectivity index is 2.00. The molecule has 0 aliphatic heterocycles. The van der Waals surface area contributed by atoms with Crippen molar-refractivity contribution in [2.24, 2.45) is 5.73 Å². The molecule has 0 spiro atoms. The highest BCUT2D eigenvalue weighted by Gasteiger charge is 2.45. The van der Waals surface area contributed by atoms with Crippen LogP contribution < -0.4 is 5.73 Å². The van der Waals surface area contributed by atoms with Crippen LogP contribution in [0.3, 0.4) is 0 Å². The van der Waals surface area contributed by atoms with Crippen molar-refractivity contribution in [1.82, 2.24) is 0 Å². The fourth-order valence-corrected chi connectivity index (χ4v) is 5.98. The summed E-state index contributed by atoms with van der Waals surface area (Å²) in [6, 6.07) is 21.9. The number of rotatable bonds is 5. The zero-order valence-electron chi connectivity index (χ0n) is 14.7. The quantitative estimate of drug-likeness (QED) is 0.459. The number of carboxylic acids is 1. The molecule has 3 N–H and O–H groups in total. The maximum absolute atomic E-state index is 11.4. The van der Waals surface area contributed by atoms with Crippen LogP contribution in [0, 0.1) is 0 Å². The minimum atomic E-state index is -0.988. The number of carboxylic acid groups (broad SMARTS) is 1. The lowest BCUT2D eigenvalue weighted by atomic mass is 9.88. The van der Waals surface area contributed by atoms with E-state index in [0.717, 1.165) is 36.8 Å². The van der Waals surface area contributed by atoms with Crippen molar-refractivity contribution in [2.45, 2.75) is 10.8 Å². The van der Waals surface area contributed by atoms with Gasteiger partial charge in [0.25, 0.3) is 0 Å². The van der Waals surface area contributed by atoms with E-state index in [4.69, 9.17) is 5.73 Å².